The van der Waals surface area contributed by atoms with Crippen molar-refractivity contribution in [2.75, 3.05) is 20.8 Å². The van der Waals surface area contributed by atoms with Crippen LogP contribution in [-0.2, 0) is 0 Å². The number of rotatable bonds is 6. The molecule has 2 aromatic rings. The van der Waals surface area contributed by atoms with Crippen LogP contribution in [0.4, 0.5) is 0 Å². The van der Waals surface area contributed by atoms with Crippen molar-refractivity contribution in [1.82, 2.24) is 5.32 Å². The Morgan fingerprint density at radius 3 is 2.14 bits per heavy atom. The molecule has 0 aliphatic rings. The van der Waals surface area contributed by atoms with Crippen molar-refractivity contribution in [3.05, 3.63) is 58.6 Å². The van der Waals surface area contributed by atoms with Crippen LogP contribution in [0.25, 0.3) is 0 Å². The first-order valence-electron chi connectivity index (χ1n) is 6.91. The second kappa shape index (κ2) is 7.34. The predicted octanol–water partition coefficient (Wildman–Crippen LogP) is 4.06. The zero-order valence-corrected chi connectivity index (χ0v) is 13.3. The largest absolute Gasteiger partial charge is 0.496 e. The quantitative estimate of drug-likeness (QED) is 0.873. The second-order valence-electron chi connectivity index (χ2n) is 4.59. The summed E-state index contributed by atoms with van der Waals surface area (Å²) in [5.41, 5.74) is 1.96. The van der Waals surface area contributed by atoms with Gasteiger partial charge in [-0.3, -0.25) is 0 Å². The Balaban J connectivity index is 2.61. The fourth-order valence-corrected chi connectivity index (χ4v) is 2.69. The molecule has 0 saturated carbocycles. The highest BCUT2D eigenvalue weighted by Gasteiger charge is 2.23. The number of nitrogens with one attached hydrogen (secondary N) is 1. The highest BCUT2D eigenvalue weighted by Crippen LogP contribution is 2.39. The first-order valence-corrected chi connectivity index (χ1v) is 7.29. The van der Waals surface area contributed by atoms with E-state index < -0.39 is 0 Å². The molecule has 21 heavy (non-hydrogen) atoms. The minimum Gasteiger partial charge on any atom is -0.496 e. The molecule has 0 bridgehead atoms. The number of ether oxygens (including phenoxy) is 2. The maximum Gasteiger partial charge on any atom is 0.127 e. The molecular weight excluding hydrogens is 286 g/mol. The highest BCUT2D eigenvalue weighted by atomic mass is 35.5. The topological polar surface area (TPSA) is 30.5 Å². The van der Waals surface area contributed by atoms with Gasteiger partial charge in [0.05, 0.1) is 25.8 Å². The van der Waals surface area contributed by atoms with E-state index in [1.54, 1.807) is 14.2 Å². The summed E-state index contributed by atoms with van der Waals surface area (Å²) in [4.78, 5) is 0. The molecule has 1 unspecified atom stereocenters. The van der Waals surface area contributed by atoms with Crippen molar-refractivity contribution in [2.45, 2.75) is 13.0 Å². The van der Waals surface area contributed by atoms with Crippen LogP contribution in [0.2, 0.25) is 5.02 Å². The van der Waals surface area contributed by atoms with Crippen LogP contribution in [0.5, 0.6) is 11.5 Å². The van der Waals surface area contributed by atoms with Crippen molar-refractivity contribution in [1.29, 1.82) is 0 Å². The summed E-state index contributed by atoms with van der Waals surface area (Å²) in [6, 6.07) is 13.5. The Morgan fingerprint density at radius 2 is 1.62 bits per heavy atom. The van der Waals surface area contributed by atoms with Gasteiger partial charge in [-0.1, -0.05) is 42.8 Å². The number of halogens is 1. The zero-order valence-electron chi connectivity index (χ0n) is 12.5. The Hall–Kier alpha value is -1.71. The molecule has 2 aromatic carbocycles. The summed E-state index contributed by atoms with van der Waals surface area (Å²) in [5, 5.41) is 4.18. The lowest BCUT2D eigenvalue weighted by Gasteiger charge is -2.24. The summed E-state index contributed by atoms with van der Waals surface area (Å²) in [7, 11) is 3.32. The number of hydrogen-bond donors (Lipinski definition) is 1. The van der Waals surface area contributed by atoms with Gasteiger partial charge in [-0.2, -0.15) is 0 Å². The Morgan fingerprint density at radius 1 is 1.00 bits per heavy atom. The normalized spacial score (nSPS) is 12.0. The van der Waals surface area contributed by atoms with E-state index in [1.807, 2.05) is 42.5 Å². The SMILES string of the molecule is CCNC(c1ccccc1Cl)c1c(OC)cccc1OC. The van der Waals surface area contributed by atoms with Crippen LogP contribution >= 0.6 is 11.6 Å². The molecule has 112 valence electrons. The molecule has 1 atom stereocenters. The third-order valence-corrected chi connectivity index (χ3v) is 3.72. The minimum atomic E-state index is -0.0881. The van der Waals surface area contributed by atoms with E-state index in [0.29, 0.717) is 0 Å². The zero-order chi connectivity index (χ0) is 15.2. The average Bonchev–Trinajstić information content (AvgIpc) is 2.52. The fourth-order valence-electron chi connectivity index (χ4n) is 2.45. The molecule has 0 saturated heterocycles. The Kier molecular flexibility index (Phi) is 5.48. The number of hydrogen-bond acceptors (Lipinski definition) is 3. The van der Waals surface area contributed by atoms with E-state index >= 15 is 0 Å². The molecule has 3 nitrogen and oxygen atoms in total. The second-order valence-corrected chi connectivity index (χ2v) is 5.00. The van der Waals surface area contributed by atoms with Gasteiger partial charge in [0.2, 0.25) is 0 Å². The number of methoxy groups -OCH3 is 2. The van der Waals surface area contributed by atoms with Gasteiger partial charge in [0.1, 0.15) is 11.5 Å². The molecule has 0 aromatic heterocycles. The van der Waals surface area contributed by atoms with Crippen LogP contribution in [0, 0.1) is 0 Å². The van der Waals surface area contributed by atoms with E-state index in [-0.39, 0.29) is 6.04 Å². The molecule has 0 spiro atoms. The smallest absolute Gasteiger partial charge is 0.127 e. The summed E-state index contributed by atoms with van der Waals surface area (Å²) in [6.07, 6.45) is 0. The van der Waals surface area contributed by atoms with Crippen LogP contribution in [-0.4, -0.2) is 20.8 Å². The van der Waals surface area contributed by atoms with E-state index in [9.17, 15) is 0 Å². The van der Waals surface area contributed by atoms with Crippen molar-refractivity contribution >= 4 is 11.6 Å². The van der Waals surface area contributed by atoms with E-state index in [1.165, 1.54) is 0 Å². The van der Waals surface area contributed by atoms with Gasteiger partial charge in [-0.05, 0) is 30.3 Å². The van der Waals surface area contributed by atoms with Crippen LogP contribution in [0.1, 0.15) is 24.1 Å². The molecule has 0 heterocycles. The monoisotopic (exact) mass is 305 g/mol. The van der Waals surface area contributed by atoms with E-state index in [4.69, 9.17) is 21.1 Å². The third kappa shape index (κ3) is 3.31. The van der Waals surface area contributed by atoms with Gasteiger partial charge in [0.25, 0.3) is 0 Å². The number of benzene rings is 2. The summed E-state index contributed by atoms with van der Waals surface area (Å²) >= 11 is 6.37. The summed E-state index contributed by atoms with van der Waals surface area (Å²) < 4.78 is 11.0. The van der Waals surface area contributed by atoms with Crippen molar-refractivity contribution in [3.8, 4) is 11.5 Å². The standard InChI is InChI=1S/C17H20ClNO2/c1-4-19-17(12-8-5-6-9-13(12)18)16-14(20-2)10-7-11-15(16)21-3/h5-11,17,19H,4H2,1-3H3. The molecule has 0 radical (unpaired) electrons. The molecule has 0 aliphatic heterocycles. The Labute approximate surface area is 130 Å². The first-order chi connectivity index (χ1) is 10.2. The first kappa shape index (κ1) is 15.7. The molecule has 2 rings (SSSR count). The lowest BCUT2D eigenvalue weighted by Crippen LogP contribution is -2.23. The van der Waals surface area contributed by atoms with Crippen LogP contribution in [0.3, 0.4) is 0 Å². The van der Waals surface area contributed by atoms with Gasteiger partial charge in [-0.25, -0.2) is 0 Å². The van der Waals surface area contributed by atoms with Gasteiger partial charge >= 0.3 is 0 Å². The van der Waals surface area contributed by atoms with Gasteiger partial charge in [-0.15, -0.1) is 0 Å². The maximum atomic E-state index is 6.37. The molecule has 1 N–H and O–H groups in total. The van der Waals surface area contributed by atoms with Gasteiger partial charge in [0, 0.05) is 5.02 Å². The summed E-state index contributed by atoms with van der Waals surface area (Å²) in [6.45, 7) is 2.86. The van der Waals surface area contributed by atoms with Gasteiger partial charge < -0.3 is 14.8 Å². The Bertz CT molecular complexity index is 579. The minimum absolute atomic E-state index is 0.0881. The summed E-state index contributed by atoms with van der Waals surface area (Å²) in [5.74, 6) is 1.56. The van der Waals surface area contributed by atoms with Crippen LogP contribution in [0.15, 0.2) is 42.5 Å². The average molecular weight is 306 g/mol. The van der Waals surface area contributed by atoms with Crippen molar-refractivity contribution < 1.29 is 9.47 Å². The molecule has 4 heteroatoms. The fraction of sp³-hybridized carbons (Fsp3) is 0.294. The molecule has 0 amide bonds. The molecular formula is C17H20ClNO2. The lowest BCUT2D eigenvalue weighted by molar-refractivity contribution is 0.377. The van der Waals surface area contributed by atoms with Crippen molar-refractivity contribution in [3.63, 3.8) is 0 Å². The lowest BCUT2D eigenvalue weighted by atomic mass is 9.96. The molecule has 0 fully saturated rings. The van der Waals surface area contributed by atoms with Crippen LogP contribution < -0.4 is 14.8 Å². The third-order valence-electron chi connectivity index (χ3n) is 3.38. The maximum absolute atomic E-state index is 6.37. The van der Waals surface area contributed by atoms with Gasteiger partial charge in [0.15, 0.2) is 0 Å². The molecule has 0 aliphatic carbocycles. The highest BCUT2D eigenvalue weighted by molar-refractivity contribution is 6.31. The van der Waals surface area contributed by atoms with Crippen molar-refractivity contribution in [2.24, 2.45) is 0 Å². The predicted molar refractivity (Wildman–Crippen MR) is 86.5 cm³/mol. The van der Waals surface area contributed by atoms with E-state index in [0.717, 1.165) is 34.2 Å². The van der Waals surface area contributed by atoms with E-state index in [2.05, 4.69) is 12.2 Å².